The molecule has 1 aliphatic rings. The minimum Gasteiger partial charge on any atom is -0.497 e. The van der Waals surface area contributed by atoms with Gasteiger partial charge in [0.2, 0.25) is 11.8 Å². The Morgan fingerprint density at radius 3 is 2.12 bits per heavy atom. The van der Waals surface area contributed by atoms with Gasteiger partial charge in [-0.15, -0.1) is 0 Å². The van der Waals surface area contributed by atoms with Crippen molar-refractivity contribution in [1.82, 2.24) is 10.2 Å². The first-order valence-corrected chi connectivity index (χ1v) is 18.3. The van der Waals surface area contributed by atoms with Crippen LogP contribution in [0.2, 0.25) is 0 Å². The van der Waals surface area contributed by atoms with E-state index >= 15 is 0 Å². The lowest BCUT2D eigenvalue weighted by Gasteiger charge is -2.35. The van der Waals surface area contributed by atoms with Crippen molar-refractivity contribution in [3.05, 3.63) is 120 Å². The number of sulfonamides is 1. The Bertz CT molecular complexity index is 1760. The van der Waals surface area contributed by atoms with Gasteiger partial charge in [-0.25, -0.2) is 8.42 Å². The van der Waals surface area contributed by atoms with E-state index in [2.05, 4.69) is 5.32 Å². The van der Waals surface area contributed by atoms with Gasteiger partial charge in [0.1, 0.15) is 24.1 Å². The van der Waals surface area contributed by atoms with E-state index in [-0.39, 0.29) is 29.8 Å². The molecule has 0 radical (unpaired) electrons. The van der Waals surface area contributed by atoms with Gasteiger partial charge in [-0.1, -0.05) is 79.9 Å². The third-order valence-corrected chi connectivity index (χ3v) is 10.5. The van der Waals surface area contributed by atoms with Crippen LogP contribution in [0.15, 0.2) is 114 Å². The number of carbonyl (C=O) groups is 2. The monoisotopic (exact) mass is 683 g/mol. The summed E-state index contributed by atoms with van der Waals surface area (Å²) in [4.78, 5) is 30.5. The number of rotatable bonds is 15. The quantitative estimate of drug-likeness (QED) is 0.156. The predicted octanol–water partition coefficient (Wildman–Crippen LogP) is 6.38. The number of hydrogen-bond acceptors (Lipinski definition) is 6. The Morgan fingerprint density at radius 2 is 1.47 bits per heavy atom. The lowest BCUT2D eigenvalue weighted by atomic mass is 9.94. The number of methoxy groups -OCH3 is 1. The number of para-hydroxylation sites is 1. The van der Waals surface area contributed by atoms with Gasteiger partial charge in [0.25, 0.3) is 10.0 Å². The van der Waals surface area contributed by atoms with E-state index in [1.807, 2.05) is 61.5 Å². The Hall–Kier alpha value is -4.83. The molecule has 4 aromatic carbocycles. The lowest BCUT2D eigenvalue weighted by molar-refractivity contribution is -0.140. The summed E-state index contributed by atoms with van der Waals surface area (Å²) in [5, 5.41) is 3.24. The van der Waals surface area contributed by atoms with Crippen molar-refractivity contribution in [1.29, 1.82) is 0 Å². The Kier molecular flexibility index (Phi) is 12.3. The second kappa shape index (κ2) is 17.0. The van der Waals surface area contributed by atoms with Crippen molar-refractivity contribution in [3.8, 4) is 11.5 Å². The molecule has 49 heavy (non-hydrogen) atoms. The molecule has 1 fully saturated rings. The van der Waals surface area contributed by atoms with Gasteiger partial charge in [0.15, 0.2) is 0 Å². The first-order valence-electron chi connectivity index (χ1n) is 16.9. The molecule has 0 spiro atoms. The summed E-state index contributed by atoms with van der Waals surface area (Å²) in [6.45, 7) is 1.84. The number of benzene rings is 4. The Balaban J connectivity index is 1.55. The summed E-state index contributed by atoms with van der Waals surface area (Å²) in [5.41, 5.74) is 1.96. The van der Waals surface area contributed by atoms with Crippen LogP contribution in [0.25, 0.3) is 0 Å². The van der Waals surface area contributed by atoms with Crippen LogP contribution in [0.3, 0.4) is 0 Å². The van der Waals surface area contributed by atoms with E-state index < -0.39 is 28.5 Å². The smallest absolute Gasteiger partial charge is 0.264 e. The van der Waals surface area contributed by atoms with Crippen molar-refractivity contribution >= 4 is 27.5 Å². The van der Waals surface area contributed by atoms with E-state index in [1.54, 1.807) is 49.6 Å². The standard InChI is InChI=1S/C39H45N3O6S/c1-3-48-34-22-24-36(25-23-34)49(45,46)42(33-19-11-6-12-20-33)29-38(43)41(28-31-16-13-21-35(26-31)47-2)37(27-30-14-7-4-8-15-30)39(44)40-32-17-9-5-10-18-32/h4,6-8,11-16,19-26,32,37H,3,5,9-10,17-18,27-29H2,1-2H3,(H,40,44)/t37-/m0/s1. The van der Waals surface area contributed by atoms with Gasteiger partial charge in [-0.2, -0.15) is 0 Å². The molecule has 0 saturated heterocycles. The average Bonchev–Trinajstić information content (AvgIpc) is 3.13. The molecule has 258 valence electrons. The van der Waals surface area contributed by atoms with Gasteiger partial charge in [-0.3, -0.25) is 13.9 Å². The number of nitrogens with zero attached hydrogens (tertiary/aromatic N) is 2. The first-order chi connectivity index (χ1) is 23.8. The van der Waals surface area contributed by atoms with Crippen LogP contribution in [0.4, 0.5) is 5.69 Å². The van der Waals surface area contributed by atoms with Gasteiger partial charge < -0.3 is 19.7 Å². The highest BCUT2D eigenvalue weighted by Gasteiger charge is 2.35. The minimum atomic E-state index is -4.22. The van der Waals surface area contributed by atoms with Crippen LogP contribution in [0, 0.1) is 0 Å². The zero-order chi connectivity index (χ0) is 34.6. The molecule has 9 nitrogen and oxygen atoms in total. The highest BCUT2D eigenvalue weighted by atomic mass is 32.2. The topological polar surface area (TPSA) is 105 Å². The van der Waals surface area contributed by atoms with E-state index in [0.29, 0.717) is 23.8 Å². The Morgan fingerprint density at radius 1 is 0.816 bits per heavy atom. The van der Waals surface area contributed by atoms with E-state index in [9.17, 15) is 18.0 Å². The third-order valence-electron chi connectivity index (χ3n) is 8.76. The van der Waals surface area contributed by atoms with Crippen LogP contribution in [0.1, 0.15) is 50.2 Å². The summed E-state index contributed by atoms with van der Waals surface area (Å²) >= 11 is 0. The van der Waals surface area contributed by atoms with Crippen LogP contribution in [0.5, 0.6) is 11.5 Å². The molecule has 1 N–H and O–H groups in total. The fourth-order valence-corrected chi connectivity index (χ4v) is 7.60. The summed E-state index contributed by atoms with van der Waals surface area (Å²) in [6.07, 6.45) is 5.24. The fraction of sp³-hybridized carbons (Fsp3) is 0.333. The summed E-state index contributed by atoms with van der Waals surface area (Å²) in [7, 11) is -2.64. The maximum Gasteiger partial charge on any atom is 0.264 e. The SMILES string of the molecule is CCOc1ccc(S(=O)(=O)N(CC(=O)N(Cc2cccc(OC)c2)[C@@H](Cc2ccccc2)C(=O)NC2CCCCC2)c2ccccc2)cc1. The second-order valence-electron chi connectivity index (χ2n) is 12.2. The van der Waals surface area contributed by atoms with Gasteiger partial charge in [0, 0.05) is 19.0 Å². The molecule has 0 bridgehead atoms. The summed E-state index contributed by atoms with van der Waals surface area (Å²) in [5.74, 6) is 0.384. The third kappa shape index (κ3) is 9.41. The zero-order valence-electron chi connectivity index (χ0n) is 28.2. The zero-order valence-corrected chi connectivity index (χ0v) is 29.0. The normalized spacial score (nSPS) is 14.0. The molecule has 1 aliphatic carbocycles. The maximum absolute atomic E-state index is 14.7. The summed E-state index contributed by atoms with van der Waals surface area (Å²) in [6, 6.07) is 30.7. The minimum absolute atomic E-state index is 0.0165. The average molecular weight is 684 g/mol. The molecule has 0 heterocycles. The highest BCUT2D eigenvalue weighted by molar-refractivity contribution is 7.92. The highest BCUT2D eigenvalue weighted by Crippen LogP contribution is 2.27. The number of nitrogens with one attached hydrogen (secondary N) is 1. The van der Waals surface area contributed by atoms with Crippen LogP contribution in [-0.4, -0.2) is 57.5 Å². The fourth-order valence-electron chi connectivity index (χ4n) is 6.19. The molecular formula is C39H45N3O6S. The Labute approximate surface area is 289 Å². The van der Waals surface area contributed by atoms with E-state index in [1.165, 1.54) is 17.0 Å². The molecule has 0 aromatic heterocycles. The molecule has 1 atom stereocenters. The molecule has 1 saturated carbocycles. The number of anilines is 1. The van der Waals surface area contributed by atoms with Crippen LogP contribution >= 0.6 is 0 Å². The van der Waals surface area contributed by atoms with Crippen molar-refractivity contribution in [2.75, 3.05) is 24.6 Å². The summed E-state index contributed by atoms with van der Waals surface area (Å²) < 4.78 is 40.7. The number of amides is 2. The van der Waals surface area contributed by atoms with Gasteiger partial charge >= 0.3 is 0 Å². The van der Waals surface area contributed by atoms with Crippen LogP contribution < -0.4 is 19.1 Å². The maximum atomic E-state index is 14.7. The van der Waals surface area contributed by atoms with Gasteiger partial charge in [0.05, 0.1) is 24.3 Å². The van der Waals surface area contributed by atoms with Crippen LogP contribution in [-0.2, 0) is 32.6 Å². The lowest BCUT2D eigenvalue weighted by Crippen LogP contribution is -2.55. The number of ether oxygens (including phenoxy) is 2. The molecular weight excluding hydrogens is 639 g/mol. The largest absolute Gasteiger partial charge is 0.497 e. The molecule has 0 aliphatic heterocycles. The van der Waals surface area contributed by atoms with E-state index in [0.717, 1.165) is 47.5 Å². The van der Waals surface area contributed by atoms with Crippen molar-refractivity contribution < 1.29 is 27.5 Å². The van der Waals surface area contributed by atoms with Gasteiger partial charge in [-0.05, 0) is 79.4 Å². The van der Waals surface area contributed by atoms with Crippen molar-refractivity contribution in [2.45, 2.75) is 69.0 Å². The van der Waals surface area contributed by atoms with E-state index in [4.69, 9.17) is 9.47 Å². The number of carbonyl (C=O) groups excluding carboxylic acids is 2. The second-order valence-corrected chi connectivity index (χ2v) is 14.0. The number of hydrogen-bond donors (Lipinski definition) is 1. The first kappa shape index (κ1) is 35.5. The molecule has 2 amide bonds. The predicted molar refractivity (Wildman–Crippen MR) is 191 cm³/mol. The molecule has 0 unspecified atom stereocenters. The molecule has 5 rings (SSSR count). The molecule has 10 heteroatoms. The van der Waals surface area contributed by atoms with Crippen molar-refractivity contribution in [3.63, 3.8) is 0 Å². The molecule has 4 aromatic rings. The van der Waals surface area contributed by atoms with Crippen molar-refractivity contribution in [2.24, 2.45) is 0 Å².